The van der Waals surface area contributed by atoms with Crippen LogP contribution in [0.3, 0.4) is 0 Å². The molecule has 9 heteroatoms. The van der Waals surface area contributed by atoms with E-state index in [4.69, 9.17) is 0 Å². The number of halogens is 3. The molecule has 0 aliphatic rings. The van der Waals surface area contributed by atoms with Gasteiger partial charge in [0.15, 0.2) is 0 Å². The van der Waals surface area contributed by atoms with E-state index in [9.17, 15) is 21.6 Å². The summed E-state index contributed by atoms with van der Waals surface area (Å²) in [7, 11) is -3.97. The van der Waals surface area contributed by atoms with Gasteiger partial charge in [-0.2, -0.15) is 0 Å². The van der Waals surface area contributed by atoms with E-state index in [0.29, 0.717) is 5.69 Å². The number of alkyl halides is 3. The van der Waals surface area contributed by atoms with Crippen molar-refractivity contribution in [2.24, 2.45) is 0 Å². The van der Waals surface area contributed by atoms with E-state index in [1.165, 1.54) is 12.3 Å². The summed E-state index contributed by atoms with van der Waals surface area (Å²) in [5, 5.41) is 0. The zero-order valence-electron chi connectivity index (χ0n) is 11.0. The molecule has 0 unspecified atom stereocenters. The molecule has 0 fully saturated rings. The van der Waals surface area contributed by atoms with E-state index < -0.39 is 22.1 Å². The Morgan fingerprint density at radius 3 is 2.55 bits per heavy atom. The zero-order valence-corrected chi connectivity index (χ0v) is 11.9. The average molecular weight is 332 g/mol. The van der Waals surface area contributed by atoms with Crippen molar-refractivity contribution in [2.75, 3.05) is 0 Å². The Morgan fingerprint density at radius 1 is 1.14 bits per heavy atom. The van der Waals surface area contributed by atoms with Crippen LogP contribution < -0.4 is 9.46 Å². The summed E-state index contributed by atoms with van der Waals surface area (Å²) < 4.78 is 66.5. The van der Waals surface area contributed by atoms with Crippen LogP contribution in [0.4, 0.5) is 13.2 Å². The Labute approximate surface area is 124 Å². The van der Waals surface area contributed by atoms with Gasteiger partial charge in [-0.15, -0.1) is 13.2 Å². The molecular weight excluding hydrogens is 321 g/mol. The number of hydrogen-bond acceptors (Lipinski definition) is 4. The molecule has 0 spiro atoms. The van der Waals surface area contributed by atoms with Crippen molar-refractivity contribution < 1.29 is 26.3 Å². The molecule has 0 aliphatic heterocycles. The van der Waals surface area contributed by atoms with Crippen LogP contribution in [-0.2, 0) is 16.6 Å². The maximum absolute atomic E-state index is 12.1. The molecule has 2 rings (SSSR count). The predicted molar refractivity (Wildman–Crippen MR) is 71.4 cm³/mol. The Morgan fingerprint density at radius 2 is 1.91 bits per heavy atom. The van der Waals surface area contributed by atoms with Crippen LogP contribution in [0.1, 0.15) is 5.69 Å². The first kappa shape index (κ1) is 16.2. The van der Waals surface area contributed by atoms with Crippen molar-refractivity contribution in [3.8, 4) is 5.75 Å². The molecule has 0 saturated heterocycles. The van der Waals surface area contributed by atoms with Crippen molar-refractivity contribution in [1.29, 1.82) is 0 Å². The second kappa shape index (κ2) is 6.32. The Hall–Kier alpha value is -2.13. The summed E-state index contributed by atoms with van der Waals surface area (Å²) in [6.07, 6.45) is -3.38. The number of benzene rings is 1. The Bertz CT molecular complexity index is 734. The SMILES string of the molecule is O=S(=O)(NCc1ccccn1)c1cccc(OC(F)(F)F)c1. The number of ether oxygens (including phenoxy) is 1. The number of sulfonamides is 1. The van der Waals surface area contributed by atoms with E-state index in [1.807, 2.05) is 0 Å². The van der Waals surface area contributed by atoms with Crippen molar-refractivity contribution in [3.63, 3.8) is 0 Å². The molecule has 5 nitrogen and oxygen atoms in total. The van der Waals surface area contributed by atoms with Gasteiger partial charge in [0.2, 0.25) is 10.0 Å². The average Bonchev–Trinajstić information content (AvgIpc) is 2.45. The Balaban J connectivity index is 2.14. The molecule has 0 radical (unpaired) electrons. The van der Waals surface area contributed by atoms with Crippen molar-refractivity contribution >= 4 is 10.0 Å². The van der Waals surface area contributed by atoms with Crippen LogP contribution in [0, 0.1) is 0 Å². The standard InChI is InChI=1S/C13H11F3N2O3S/c14-13(15,16)21-11-5-3-6-12(8-11)22(19,20)18-9-10-4-1-2-7-17-10/h1-8,18H,9H2. The predicted octanol–water partition coefficient (Wildman–Crippen LogP) is 2.46. The topological polar surface area (TPSA) is 68.3 Å². The van der Waals surface area contributed by atoms with Crippen molar-refractivity contribution in [1.82, 2.24) is 9.71 Å². The lowest BCUT2D eigenvalue weighted by atomic mass is 10.3. The summed E-state index contributed by atoms with van der Waals surface area (Å²) in [5.41, 5.74) is 0.480. The first-order valence-corrected chi connectivity index (χ1v) is 7.50. The summed E-state index contributed by atoms with van der Waals surface area (Å²) in [6.45, 7) is -0.0759. The minimum atomic E-state index is -4.89. The lowest BCUT2D eigenvalue weighted by Gasteiger charge is -2.11. The number of rotatable bonds is 5. The van der Waals surface area contributed by atoms with Gasteiger partial charge in [0, 0.05) is 12.3 Å². The fourth-order valence-electron chi connectivity index (χ4n) is 1.59. The van der Waals surface area contributed by atoms with E-state index in [-0.39, 0.29) is 11.4 Å². The van der Waals surface area contributed by atoms with E-state index in [1.54, 1.807) is 18.2 Å². The number of hydrogen-bond donors (Lipinski definition) is 1. The first-order valence-electron chi connectivity index (χ1n) is 6.02. The highest BCUT2D eigenvalue weighted by Crippen LogP contribution is 2.24. The van der Waals surface area contributed by atoms with Gasteiger partial charge in [-0.25, -0.2) is 13.1 Å². The highest BCUT2D eigenvalue weighted by molar-refractivity contribution is 7.89. The largest absolute Gasteiger partial charge is 0.573 e. The molecule has 1 aromatic heterocycles. The van der Waals surface area contributed by atoms with Gasteiger partial charge in [0.25, 0.3) is 0 Å². The van der Waals surface area contributed by atoms with Gasteiger partial charge in [-0.3, -0.25) is 4.98 Å². The van der Waals surface area contributed by atoms with E-state index in [2.05, 4.69) is 14.4 Å². The summed E-state index contributed by atoms with van der Waals surface area (Å²) >= 11 is 0. The van der Waals surface area contributed by atoms with Crippen LogP contribution in [-0.4, -0.2) is 19.8 Å². The fourth-order valence-corrected chi connectivity index (χ4v) is 2.63. The first-order chi connectivity index (χ1) is 10.3. The number of pyridine rings is 1. The van der Waals surface area contributed by atoms with Crippen molar-refractivity contribution in [3.05, 3.63) is 54.4 Å². The lowest BCUT2D eigenvalue weighted by Crippen LogP contribution is -2.24. The van der Waals surface area contributed by atoms with Crippen LogP contribution in [0.25, 0.3) is 0 Å². The fraction of sp³-hybridized carbons (Fsp3) is 0.154. The highest BCUT2D eigenvalue weighted by atomic mass is 32.2. The second-order valence-corrected chi connectivity index (χ2v) is 5.94. The molecule has 1 aromatic carbocycles. The quantitative estimate of drug-likeness (QED) is 0.913. The summed E-state index contributed by atoms with van der Waals surface area (Å²) in [6, 6.07) is 9.13. The molecule has 0 saturated carbocycles. The van der Waals surface area contributed by atoms with E-state index in [0.717, 1.165) is 18.2 Å². The van der Waals surface area contributed by atoms with Gasteiger partial charge in [0.05, 0.1) is 17.1 Å². The van der Waals surface area contributed by atoms with Crippen LogP contribution >= 0.6 is 0 Å². The van der Waals surface area contributed by atoms with Gasteiger partial charge in [-0.05, 0) is 24.3 Å². The number of nitrogens with zero attached hydrogens (tertiary/aromatic N) is 1. The minimum Gasteiger partial charge on any atom is -0.406 e. The van der Waals surface area contributed by atoms with Crippen molar-refractivity contribution in [2.45, 2.75) is 17.8 Å². The van der Waals surface area contributed by atoms with Crippen LogP contribution in [0.15, 0.2) is 53.6 Å². The van der Waals surface area contributed by atoms with Crippen LogP contribution in [0.5, 0.6) is 5.75 Å². The normalized spacial score (nSPS) is 12.1. The molecule has 1 N–H and O–H groups in total. The van der Waals surface area contributed by atoms with Gasteiger partial charge < -0.3 is 4.74 Å². The van der Waals surface area contributed by atoms with Gasteiger partial charge >= 0.3 is 6.36 Å². The van der Waals surface area contributed by atoms with Gasteiger partial charge in [0.1, 0.15) is 5.75 Å². The zero-order chi connectivity index (χ0) is 16.2. The van der Waals surface area contributed by atoms with Crippen LogP contribution in [0.2, 0.25) is 0 Å². The lowest BCUT2D eigenvalue weighted by molar-refractivity contribution is -0.274. The third-order valence-electron chi connectivity index (χ3n) is 2.52. The molecule has 2 aromatic rings. The van der Waals surface area contributed by atoms with Gasteiger partial charge in [-0.1, -0.05) is 12.1 Å². The number of nitrogens with one attached hydrogen (secondary N) is 1. The molecular formula is C13H11F3N2O3S. The highest BCUT2D eigenvalue weighted by Gasteiger charge is 2.31. The smallest absolute Gasteiger partial charge is 0.406 e. The third-order valence-corrected chi connectivity index (χ3v) is 3.92. The molecule has 0 amide bonds. The maximum Gasteiger partial charge on any atom is 0.573 e. The molecule has 118 valence electrons. The molecule has 0 bridgehead atoms. The number of aromatic nitrogens is 1. The second-order valence-electron chi connectivity index (χ2n) is 4.17. The molecule has 1 heterocycles. The minimum absolute atomic E-state index is 0.0759. The molecule has 0 atom stereocenters. The molecule has 22 heavy (non-hydrogen) atoms. The molecule has 0 aliphatic carbocycles. The summed E-state index contributed by atoms with van der Waals surface area (Å²) in [4.78, 5) is 3.61. The summed E-state index contributed by atoms with van der Waals surface area (Å²) in [5.74, 6) is -0.604. The maximum atomic E-state index is 12.1. The Kier molecular flexibility index (Phi) is 4.67. The third kappa shape index (κ3) is 4.71. The van der Waals surface area contributed by atoms with E-state index >= 15 is 0 Å². The monoisotopic (exact) mass is 332 g/mol.